The maximum absolute atomic E-state index is 2.49. The van der Waals surface area contributed by atoms with Gasteiger partial charge in [0, 0.05) is 18.7 Å². The lowest BCUT2D eigenvalue weighted by Crippen LogP contribution is -1.91. The first-order valence-corrected chi connectivity index (χ1v) is 19.4. The number of thiophene rings is 1. The monoisotopic (exact) mass is 532 g/mol. The van der Waals surface area contributed by atoms with Crippen molar-refractivity contribution in [2.75, 3.05) is 0 Å². The third-order valence-electron chi connectivity index (χ3n) is 7.54. The minimum Gasteiger partial charge on any atom is -0.164 e. The third kappa shape index (κ3) is 13.2. The highest BCUT2D eigenvalue weighted by Gasteiger charge is 2.18. The van der Waals surface area contributed by atoms with E-state index in [0.29, 0.717) is 9.89 Å². The fourth-order valence-electron chi connectivity index (χ4n) is 5.28. The minimum absolute atomic E-state index is 0.327. The number of rotatable bonds is 23. The zero-order chi connectivity index (χ0) is 25.0. The summed E-state index contributed by atoms with van der Waals surface area (Å²) < 4.78 is 0. The van der Waals surface area contributed by atoms with Crippen molar-refractivity contribution in [3.63, 3.8) is 0 Å². The lowest BCUT2D eigenvalue weighted by Gasteiger charge is -2.11. The van der Waals surface area contributed by atoms with Crippen LogP contribution in [0.3, 0.4) is 0 Å². The lowest BCUT2D eigenvalue weighted by atomic mass is 10.0. The highest BCUT2D eigenvalue weighted by Crippen LogP contribution is 2.46. The summed E-state index contributed by atoms with van der Waals surface area (Å²) in [4.78, 5) is 3.34. The van der Waals surface area contributed by atoms with E-state index in [0.717, 1.165) is 0 Å². The Morgan fingerprint density at radius 1 is 0.629 bits per heavy atom. The maximum atomic E-state index is 2.49. The Morgan fingerprint density at radius 3 is 1.60 bits per heavy atom. The van der Waals surface area contributed by atoms with Crippen LogP contribution >= 0.6 is 21.2 Å². The van der Waals surface area contributed by atoms with E-state index < -0.39 is 0 Å². The van der Waals surface area contributed by atoms with Crippen LogP contribution in [0.1, 0.15) is 159 Å². The van der Waals surface area contributed by atoms with Crippen LogP contribution in [0.4, 0.5) is 0 Å². The summed E-state index contributed by atoms with van der Waals surface area (Å²) in [6.45, 7) is 4.61. The first-order valence-electron chi connectivity index (χ1n) is 15.3. The number of hydrogen-bond acceptors (Lipinski definition) is 1. The highest BCUT2D eigenvalue weighted by molar-refractivity contribution is 8.28. The Labute approximate surface area is 228 Å². The summed E-state index contributed by atoms with van der Waals surface area (Å²) in [5.41, 5.74) is 3.30. The molecular weight excluding hydrogens is 477 g/mol. The molecule has 0 fully saturated rings. The molecule has 2 rings (SSSR count). The second kappa shape index (κ2) is 20.8. The van der Waals surface area contributed by atoms with Crippen LogP contribution in [0.2, 0.25) is 0 Å². The van der Waals surface area contributed by atoms with Gasteiger partial charge in [0.2, 0.25) is 0 Å². The summed E-state index contributed by atoms with van der Waals surface area (Å²) in [7, 11) is 2.53. The highest BCUT2D eigenvalue weighted by atomic mass is 32.3. The standard InChI is InChI=1S/C32H56S2Si/c1-3-5-7-9-11-13-15-17-19-21-23-29-25-27-33-31(29)32-30(26-28-34(32)35)24-22-20-18-16-14-12-10-8-6-4-2/h25-28H,3-24,35H2,1-2H3. The topological polar surface area (TPSA) is 0 Å². The number of aryl methyl sites for hydroxylation is 1. The van der Waals surface area contributed by atoms with Crippen molar-refractivity contribution in [2.24, 2.45) is 0 Å². The average molecular weight is 533 g/mol. The van der Waals surface area contributed by atoms with Gasteiger partial charge in [0.05, 0.1) is 0 Å². The van der Waals surface area contributed by atoms with Gasteiger partial charge in [0.1, 0.15) is 0 Å². The van der Waals surface area contributed by atoms with Gasteiger partial charge in [-0.05, 0) is 53.7 Å². The smallest absolute Gasteiger partial charge is 0.0434 e. The molecule has 2 heterocycles. The van der Waals surface area contributed by atoms with Crippen LogP contribution in [0.25, 0.3) is 4.91 Å². The van der Waals surface area contributed by atoms with E-state index in [1.165, 1.54) is 141 Å². The van der Waals surface area contributed by atoms with Gasteiger partial charge >= 0.3 is 0 Å². The molecule has 200 valence electrons. The zero-order valence-corrected chi connectivity index (χ0v) is 26.4. The normalized spacial score (nSPS) is 15.5. The van der Waals surface area contributed by atoms with Crippen LogP contribution in [0.15, 0.2) is 28.5 Å². The van der Waals surface area contributed by atoms with E-state index in [2.05, 4.69) is 45.7 Å². The second-order valence-corrected chi connectivity index (χ2v) is 15.0. The van der Waals surface area contributed by atoms with Crippen molar-refractivity contribution in [2.45, 2.75) is 155 Å². The molecule has 0 amide bonds. The molecule has 0 bridgehead atoms. The summed E-state index contributed by atoms with van der Waals surface area (Å²) in [6, 6.07) is 2.43. The maximum Gasteiger partial charge on any atom is 0.0434 e. The van der Waals surface area contributed by atoms with Gasteiger partial charge < -0.3 is 0 Å². The molecule has 0 spiro atoms. The predicted molar refractivity (Wildman–Crippen MR) is 169 cm³/mol. The zero-order valence-electron chi connectivity index (χ0n) is 23.4. The molecule has 0 aliphatic carbocycles. The summed E-state index contributed by atoms with van der Waals surface area (Å²) in [6.07, 6.45) is 33.6. The second-order valence-electron chi connectivity index (χ2n) is 10.7. The van der Waals surface area contributed by atoms with Crippen LogP contribution in [-0.2, 0) is 6.42 Å². The van der Waals surface area contributed by atoms with Crippen molar-refractivity contribution < 1.29 is 0 Å². The summed E-state index contributed by atoms with van der Waals surface area (Å²) in [5, 5.41) is 4.84. The predicted octanol–water partition coefficient (Wildman–Crippen LogP) is 11.6. The minimum atomic E-state index is 0.327. The van der Waals surface area contributed by atoms with Crippen LogP contribution < -0.4 is 0 Å². The first-order chi connectivity index (χ1) is 17.3. The first kappa shape index (κ1) is 31.0. The summed E-state index contributed by atoms with van der Waals surface area (Å²) >= 11 is 2.01. The van der Waals surface area contributed by atoms with Crippen molar-refractivity contribution in [1.29, 1.82) is 0 Å². The van der Waals surface area contributed by atoms with Crippen LogP contribution in [0.5, 0.6) is 0 Å². The molecule has 1 aromatic heterocycles. The van der Waals surface area contributed by atoms with Crippen LogP contribution in [-0.4, -0.2) is 8.95 Å². The lowest BCUT2D eigenvalue weighted by molar-refractivity contribution is 0.556. The van der Waals surface area contributed by atoms with Gasteiger partial charge in [0.15, 0.2) is 0 Å². The van der Waals surface area contributed by atoms with Crippen molar-refractivity contribution >= 4 is 35.1 Å². The Balaban J connectivity index is 1.66. The van der Waals surface area contributed by atoms with Crippen molar-refractivity contribution in [3.05, 3.63) is 38.9 Å². The van der Waals surface area contributed by atoms with E-state index in [1.807, 2.05) is 11.3 Å². The Kier molecular flexibility index (Phi) is 18.4. The molecular formula is C32H56S2Si. The molecule has 1 aliphatic rings. The molecule has 1 unspecified atom stereocenters. The van der Waals surface area contributed by atoms with Crippen molar-refractivity contribution in [1.82, 2.24) is 0 Å². The molecule has 1 aliphatic heterocycles. The molecule has 0 radical (unpaired) electrons. The van der Waals surface area contributed by atoms with E-state index in [-0.39, 0.29) is 0 Å². The largest absolute Gasteiger partial charge is 0.164 e. The van der Waals surface area contributed by atoms with Crippen molar-refractivity contribution in [3.8, 4) is 0 Å². The quantitative estimate of drug-likeness (QED) is 0.0970. The Hall–Kier alpha value is -0.253. The molecule has 0 nitrogen and oxygen atoms in total. The molecule has 1 atom stereocenters. The summed E-state index contributed by atoms with van der Waals surface area (Å²) in [5.74, 6) is 0. The van der Waals surface area contributed by atoms with Crippen LogP contribution in [0, 0.1) is 0 Å². The van der Waals surface area contributed by atoms with Gasteiger partial charge in [-0.3, -0.25) is 0 Å². The molecule has 35 heavy (non-hydrogen) atoms. The number of hydrogen-bond donors (Lipinski definition) is 0. The third-order valence-corrected chi connectivity index (χ3v) is 11.5. The fourth-order valence-corrected chi connectivity index (χ4v) is 9.60. The van der Waals surface area contributed by atoms with E-state index in [1.54, 1.807) is 20.9 Å². The van der Waals surface area contributed by atoms with E-state index in [9.17, 15) is 0 Å². The molecule has 0 saturated carbocycles. The van der Waals surface area contributed by atoms with Gasteiger partial charge in [-0.2, -0.15) is 9.89 Å². The van der Waals surface area contributed by atoms with Gasteiger partial charge in [-0.1, -0.05) is 135 Å². The number of allylic oxidation sites excluding steroid dienone is 2. The molecule has 3 heteroatoms. The molecule has 0 saturated heterocycles. The number of unbranched alkanes of at least 4 members (excludes halogenated alkanes) is 18. The Morgan fingerprint density at radius 2 is 1.09 bits per heavy atom. The van der Waals surface area contributed by atoms with Gasteiger partial charge in [0.25, 0.3) is 0 Å². The van der Waals surface area contributed by atoms with E-state index >= 15 is 0 Å². The molecule has 0 aromatic carbocycles. The SMILES string of the molecule is CCCCCCCCCCCCC1=C(c2sccc2CCCCCCCCCCCC)S(=[SiH2])C=C1. The average Bonchev–Trinajstić information content (AvgIpc) is 3.47. The molecule has 0 N–H and O–H groups in total. The Bertz CT molecular complexity index is 742. The van der Waals surface area contributed by atoms with E-state index in [4.69, 9.17) is 0 Å². The van der Waals surface area contributed by atoms with Gasteiger partial charge in [-0.15, -0.1) is 11.3 Å². The fraction of sp³-hybridized carbons (Fsp3) is 0.750. The van der Waals surface area contributed by atoms with Gasteiger partial charge in [-0.25, -0.2) is 0 Å². The molecule has 1 aromatic rings.